The van der Waals surface area contributed by atoms with Crippen LogP contribution in [0.3, 0.4) is 0 Å². The predicted octanol–water partition coefficient (Wildman–Crippen LogP) is 2.89. The Morgan fingerprint density at radius 2 is 1.81 bits per heavy atom. The van der Waals surface area contributed by atoms with Crippen molar-refractivity contribution < 1.29 is 9.59 Å². The number of anilines is 1. The molecule has 0 N–H and O–H groups in total. The van der Waals surface area contributed by atoms with Gasteiger partial charge in [-0.15, -0.1) is 0 Å². The number of hydrogen-bond acceptors (Lipinski definition) is 3. The van der Waals surface area contributed by atoms with Crippen LogP contribution in [0, 0.1) is 5.92 Å². The van der Waals surface area contributed by atoms with E-state index in [1.807, 2.05) is 29.2 Å². The minimum atomic E-state index is -0.204. The summed E-state index contributed by atoms with van der Waals surface area (Å²) in [5.41, 5.74) is 0.868. The van der Waals surface area contributed by atoms with E-state index in [0.717, 1.165) is 36.1 Å². The average molecular weight is 420 g/mol. The third-order valence-electron chi connectivity index (χ3n) is 6.03. The summed E-state index contributed by atoms with van der Waals surface area (Å²) < 4.78 is 0.946. The summed E-state index contributed by atoms with van der Waals surface area (Å²) in [5, 5.41) is 0. The van der Waals surface area contributed by atoms with Gasteiger partial charge in [0.25, 0.3) is 0 Å². The molecular formula is C20H26BrN3O2. The van der Waals surface area contributed by atoms with E-state index in [2.05, 4.69) is 20.8 Å². The van der Waals surface area contributed by atoms with Crippen molar-refractivity contribution in [3.8, 4) is 0 Å². The molecule has 0 spiro atoms. The van der Waals surface area contributed by atoms with Gasteiger partial charge in [0, 0.05) is 42.3 Å². The average Bonchev–Trinajstić information content (AvgIpc) is 3.31. The van der Waals surface area contributed by atoms with Gasteiger partial charge in [0.15, 0.2) is 0 Å². The summed E-state index contributed by atoms with van der Waals surface area (Å²) in [4.78, 5) is 31.7. The number of halogens is 1. The molecule has 3 fully saturated rings. The van der Waals surface area contributed by atoms with Crippen molar-refractivity contribution in [1.82, 2.24) is 9.80 Å². The highest BCUT2D eigenvalue weighted by Crippen LogP contribution is 2.29. The topological polar surface area (TPSA) is 43.9 Å². The highest BCUT2D eigenvalue weighted by atomic mass is 79.9. The zero-order chi connectivity index (χ0) is 18.1. The second kappa shape index (κ2) is 7.69. The van der Waals surface area contributed by atoms with Crippen molar-refractivity contribution in [2.45, 2.75) is 38.1 Å². The Labute approximate surface area is 163 Å². The number of carbonyl (C=O) groups is 2. The van der Waals surface area contributed by atoms with Gasteiger partial charge in [-0.2, -0.15) is 0 Å². The van der Waals surface area contributed by atoms with Crippen LogP contribution in [0.4, 0.5) is 5.69 Å². The van der Waals surface area contributed by atoms with Crippen LogP contribution in [0.15, 0.2) is 28.7 Å². The maximum Gasteiger partial charge on any atom is 0.228 e. The van der Waals surface area contributed by atoms with Gasteiger partial charge in [-0.3, -0.25) is 9.59 Å². The van der Waals surface area contributed by atoms with Crippen LogP contribution in [-0.2, 0) is 9.59 Å². The molecule has 0 aromatic heterocycles. The quantitative estimate of drug-likeness (QED) is 0.756. The summed E-state index contributed by atoms with van der Waals surface area (Å²) in [5.74, 6) is 0.00828. The lowest BCUT2D eigenvalue weighted by Crippen LogP contribution is -2.47. The molecule has 2 amide bonds. The van der Waals surface area contributed by atoms with Gasteiger partial charge in [0.05, 0.1) is 5.92 Å². The van der Waals surface area contributed by atoms with Gasteiger partial charge >= 0.3 is 0 Å². The molecule has 1 unspecified atom stereocenters. The zero-order valence-electron chi connectivity index (χ0n) is 15.1. The number of likely N-dealkylation sites (tertiary alicyclic amines) is 2. The van der Waals surface area contributed by atoms with Crippen LogP contribution in [0.1, 0.15) is 32.1 Å². The fourth-order valence-electron chi connectivity index (χ4n) is 4.58. The SMILES string of the molecule is O=C(C1CC(=O)N(c2cccc(Br)c2)C1)N1CCC(N2CCCC2)CC1. The lowest BCUT2D eigenvalue weighted by Gasteiger charge is -2.37. The van der Waals surface area contributed by atoms with Crippen molar-refractivity contribution >= 4 is 33.4 Å². The lowest BCUT2D eigenvalue weighted by atomic mass is 10.0. The molecule has 5 nitrogen and oxygen atoms in total. The predicted molar refractivity (Wildman–Crippen MR) is 105 cm³/mol. The van der Waals surface area contributed by atoms with Gasteiger partial charge < -0.3 is 14.7 Å². The molecule has 3 aliphatic heterocycles. The fourth-order valence-corrected chi connectivity index (χ4v) is 4.97. The third-order valence-corrected chi connectivity index (χ3v) is 6.52. The van der Waals surface area contributed by atoms with Crippen LogP contribution in [0.25, 0.3) is 0 Å². The van der Waals surface area contributed by atoms with E-state index >= 15 is 0 Å². The van der Waals surface area contributed by atoms with Crippen LogP contribution in [-0.4, -0.2) is 60.4 Å². The summed E-state index contributed by atoms with van der Waals surface area (Å²) >= 11 is 3.45. The third kappa shape index (κ3) is 3.67. The summed E-state index contributed by atoms with van der Waals surface area (Å²) in [6, 6.07) is 8.37. The molecule has 3 saturated heterocycles. The van der Waals surface area contributed by atoms with E-state index in [1.165, 1.54) is 25.9 Å². The van der Waals surface area contributed by atoms with Crippen LogP contribution in [0.2, 0.25) is 0 Å². The lowest BCUT2D eigenvalue weighted by molar-refractivity contribution is -0.137. The van der Waals surface area contributed by atoms with Crippen LogP contribution >= 0.6 is 15.9 Å². The van der Waals surface area contributed by atoms with Crippen molar-refractivity contribution in [2.75, 3.05) is 37.6 Å². The first-order valence-corrected chi connectivity index (χ1v) is 10.5. The van der Waals surface area contributed by atoms with Gasteiger partial charge in [-0.1, -0.05) is 22.0 Å². The zero-order valence-corrected chi connectivity index (χ0v) is 16.7. The second-order valence-corrected chi connectivity index (χ2v) is 8.60. The number of nitrogens with zero attached hydrogens (tertiary/aromatic N) is 3. The highest BCUT2D eigenvalue weighted by Gasteiger charge is 2.38. The van der Waals surface area contributed by atoms with Crippen molar-refractivity contribution in [2.24, 2.45) is 5.92 Å². The fraction of sp³-hybridized carbons (Fsp3) is 0.600. The monoisotopic (exact) mass is 419 g/mol. The molecule has 4 rings (SSSR count). The number of amides is 2. The Hall–Kier alpha value is -1.40. The largest absolute Gasteiger partial charge is 0.342 e. The number of carbonyl (C=O) groups excluding carboxylic acids is 2. The summed E-state index contributed by atoms with van der Waals surface area (Å²) in [6.07, 6.45) is 5.10. The molecule has 1 aromatic carbocycles. The normalized spacial score (nSPS) is 25.3. The minimum Gasteiger partial charge on any atom is -0.342 e. The first-order valence-electron chi connectivity index (χ1n) is 9.70. The number of hydrogen-bond donors (Lipinski definition) is 0. The number of piperidine rings is 1. The molecule has 1 atom stereocenters. The Kier molecular flexibility index (Phi) is 5.32. The molecule has 6 heteroatoms. The number of rotatable bonds is 3. The summed E-state index contributed by atoms with van der Waals surface area (Å²) in [7, 11) is 0. The van der Waals surface area contributed by atoms with E-state index in [4.69, 9.17) is 0 Å². The Bertz CT molecular complexity index is 681. The van der Waals surface area contributed by atoms with E-state index < -0.39 is 0 Å². The van der Waals surface area contributed by atoms with Gasteiger partial charge in [0.1, 0.15) is 0 Å². The number of benzene rings is 1. The smallest absolute Gasteiger partial charge is 0.228 e. The van der Waals surface area contributed by atoms with E-state index in [-0.39, 0.29) is 17.7 Å². The van der Waals surface area contributed by atoms with Gasteiger partial charge in [0.2, 0.25) is 11.8 Å². The first kappa shape index (κ1) is 18.0. The maximum absolute atomic E-state index is 12.9. The highest BCUT2D eigenvalue weighted by molar-refractivity contribution is 9.10. The minimum absolute atomic E-state index is 0.0494. The van der Waals surface area contributed by atoms with E-state index in [1.54, 1.807) is 4.90 Å². The van der Waals surface area contributed by atoms with Gasteiger partial charge in [-0.25, -0.2) is 0 Å². The molecule has 0 aliphatic carbocycles. The molecule has 1 aromatic rings. The standard InChI is InChI=1S/C20H26BrN3O2/c21-16-4-3-5-18(13-16)24-14-15(12-19(24)25)20(26)23-10-6-17(7-11-23)22-8-1-2-9-22/h3-5,13,15,17H,1-2,6-12,14H2. The van der Waals surface area contributed by atoms with Gasteiger partial charge in [-0.05, 0) is 57.0 Å². The summed E-state index contributed by atoms with van der Waals surface area (Å²) in [6.45, 7) is 4.61. The molecule has 26 heavy (non-hydrogen) atoms. The second-order valence-electron chi connectivity index (χ2n) is 7.68. The maximum atomic E-state index is 12.9. The molecular weight excluding hydrogens is 394 g/mol. The Balaban J connectivity index is 1.35. The Morgan fingerprint density at radius 3 is 2.50 bits per heavy atom. The Morgan fingerprint density at radius 1 is 1.08 bits per heavy atom. The van der Waals surface area contributed by atoms with E-state index in [0.29, 0.717) is 19.0 Å². The molecule has 0 saturated carbocycles. The van der Waals surface area contributed by atoms with Crippen molar-refractivity contribution in [1.29, 1.82) is 0 Å². The molecule has 3 aliphatic rings. The molecule has 0 bridgehead atoms. The van der Waals surface area contributed by atoms with Crippen molar-refractivity contribution in [3.63, 3.8) is 0 Å². The van der Waals surface area contributed by atoms with Crippen LogP contribution < -0.4 is 4.90 Å². The molecule has 0 radical (unpaired) electrons. The molecule has 140 valence electrons. The van der Waals surface area contributed by atoms with E-state index in [9.17, 15) is 9.59 Å². The first-order chi connectivity index (χ1) is 12.6. The van der Waals surface area contributed by atoms with Crippen molar-refractivity contribution in [3.05, 3.63) is 28.7 Å². The molecule has 3 heterocycles. The van der Waals surface area contributed by atoms with Crippen LogP contribution in [0.5, 0.6) is 0 Å².